The molecule has 3 nitrogen and oxygen atoms in total. The Morgan fingerprint density at radius 3 is 2.56 bits per heavy atom. The Hall–Kier alpha value is -3.20. The van der Waals surface area contributed by atoms with Gasteiger partial charge in [0.25, 0.3) is 0 Å². The lowest BCUT2D eigenvalue weighted by Crippen LogP contribution is -2.19. The van der Waals surface area contributed by atoms with Gasteiger partial charge in [0.2, 0.25) is 0 Å². The van der Waals surface area contributed by atoms with Gasteiger partial charge in [0.15, 0.2) is 0 Å². The molecule has 27 heavy (non-hydrogen) atoms. The first kappa shape index (κ1) is 17.2. The molecule has 3 aromatic rings. The lowest BCUT2D eigenvalue weighted by Gasteiger charge is -2.14. The molecular formula is C24H20O3. The normalized spacial score (nSPS) is 21.3. The van der Waals surface area contributed by atoms with Gasteiger partial charge in [-0.2, -0.15) is 0 Å². The van der Waals surface area contributed by atoms with Gasteiger partial charge in [-0.05, 0) is 34.4 Å². The molecule has 134 valence electrons. The Morgan fingerprint density at radius 2 is 1.74 bits per heavy atom. The molecule has 0 saturated heterocycles. The monoisotopic (exact) mass is 356 g/mol. The van der Waals surface area contributed by atoms with Gasteiger partial charge < -0.3 is 4.74 Å². The molecule has 0 N–H and O–H groups in total. The van der Waals surface area contributed by atoms with Gasteiger partial charge in [-0.15, -0.1) is 0 Å². The number of allylic oxidation sites excluding steroid dienone is 1. The highest BCUT2D eigenvalue weighted by Crippen LogP contribution is 2.62. The number of carbonyl (C=O) groups is 2. The predicted molar refractivity (Wildman–Crippen MR) is 105 cm³/mol. The summed E-state index contributed by atoms with van der Waals surface area (Å²) in [5.74, 6) is -0.259. The van der Waals surface area contributed by atoms with Crippen molar-refractivity contribution >= 4 is 23.0 Å². The largest absolute Gasteiger partial charge is 0.460 e. The zero-order valence-electron chi connectivity index (χ0n) is 14.9. The summed E-state index contributed by atoms with van der Waals surface area (Å²) in [7, 11) is 0. The fourth-order valence-corrected chi connectivity index (χ4v) is 3.77. The Morgan fingerprint density at radius 1 is 1.00 bits per heavy atom. The number of hydrogen-bond donors (Lipinski definition) is 0. The van der Waals surface area contributed by atoms with Crippen molar-refractivity contribution in [3.63, 3.8) is 0 Å². The first-order chi connectivity index (χ1) is 13.2. The highest BCUT2D eigenvalue weighted by molar-refractivity contribution is 5.91. The molecule has 0 bridgehead atoms. The number of esters is 1. The summed E-state index contributed by atoms with van der Waals surface area (Å²) in [5.41, 5.74) is 1.31. The lowest BCUT2D eigenvalue weighted by molar-refractivity contribution is -0.149. The van der Waals surface area contributed by atoms with Crippen LogP contribution < -0.4 is 0 Å². The first-order valence-corrected chi connectivity index (χ1v) is 9.06. The van der Waals surface area contributed by atoms with Crippen LogP contribution in [-0.2, 0) is 20.9 Å². The minimum atomic E-state index is -0.764. The van der Waals surface area contributed by atoms with Crippen LogP contribution in [0.15, 0.2) is 84.9 Å². The van der Waals surface area contributed by atoms with Crippen molar-refractivity contribution in [1.82, 2.24) is 0 Å². The van der Waals surface area contributed by atoms with E-state index in [1.807, 2.05) is 48.5 Å². The average Bonchev–Trinajstić information content (AvgIpc) is 3.46. The third-order valence-electron chi connectivity index (χ3n) is 5.27. The molecule has 1 fully saturated rings. The maximum atomic E-state index is 12.9. The average molecular weight is 356 g/mol. The molecule has 0 amide bonds. The van der Waals surface area contributed by atoms with Crippen LogP contribution in [0.5, 0.6) is 0 Å². The molecule has 0 aromatic heterocycles. The number of hydrogen-bond acceptors (Lipinski definition) is 3. The highest BCUT2D eigenvalue weighted by atomic mass is 16.5. The van der Waals surface area contributed by atoms with E-state index in [0.717, 1.165) is 21.9 Å². The second-order valence-corrected chi connectivity index (χ2v) is 6.92. The van der Waals surface area contributed by atoms with Gasteiger partial charge >= 0.3 is 5.97 Å². The van der Waals surface area contributed by atoms with E-state index < -0.39 is 5.41 Å². The van der Waals surface area contributed by atoms with Crippen LogP contribution in [0.4, 0.5) is 0 Å². The molecule has 0 unspecified atom stereocenters. The van der Waals surface area contributed by atoms with Crippen LogP contribution in [0.25, 0.3) is 10.8 Å². The molecule has 0 aliphatic heterocycles. The van der Waals surface area contributed by atoms with Crippen molar-refractivity contribution in [2.75, 3.05) is 0 Å². The van der Waals surface area contributed by atoms with E-state index in [-0.39, 0.29) is 18.5 Å². The van der Waals surface area contributed by atoms with Crippen molar-refractivity contribution in [2.24, 2.45) is 5.41 Å². The molecule has 1 aliphatic rings. The van der Waals surface area contributed by atoms with E-state index in [4.69, 9.17) is 4.74 Å². The van der Waals surface area contributed by atoms with Crippen molar-refractivity contribution in [2.45, 2.75) is 18.9 Å². The Balaban J connectivity index is 1.61. The molecule has 0 spiro atoms. The molecule has 0 heterocycles. The maximum absolute atomic E-state index is 12.9. The number of carbonyl (C=O) groups excluding carboxylic acids is 2. The van der Waals surface area contributed by atoms with Gasteiger partial charge in [0.1, 0.15) is 12.9 Å². The first-order valence-electron chi connectivity index (χ1n) is 9.06. The van der Waals surface area contributed by atoms with E-state index in [0.29, 0.717) is 12.7 Å². The van der Waals surface area contributed by atoms with Crippen molar-refractivity contribution < 1.29 is 14.3 Å². The molecule has 2 atom stereocenters. The van der Waals surface area contributed by atoms with Gasteiger partial charge in [-0.3, -0.25) is 9.59 Å². The summed E-state index contributed by atoms with van der Waals surface area (Å²) in [6, 6.07) is 23.9. The Bertz CT molecular complexity index is 1000. The lowest BCUT2D eigenvalue weighted by atomic mass is 9.94. The topological polar surface area (TPSA) is 43.4 Å². The SMILES string of the molecule is O=C/C=C/[C@]1(C(=O)OCc2ccccc2)C[C@@H]1c1cccc2ccccc12. The molecule has 1 saturated carbocycles. The molecule has 4 rings (SSSR count). The smallest absolute Gasteiger partial charge is 0.316 e. The zero-order valence-corrected chi connectivity index (χ0v) is 14.9. The van der Waals surface area contributed by atoms with E-state index in [2.05, 4.69) is 24.3 Å². The van der Waals surface area contributed by atoms with Crippen LogP contribution in [0.1, 0.15) is 23.5 Å². The molecular weight excluding hydrogens is 336 g/mol. The van der Waals surface area contributed by atoms with Crippen molar-refractivity contribution in [3.05, 3.63) is 96.1 Å². The standard InChI is InChI=1S/C24H20O3/c25-15-7-14-24(23(26)27-17-18-8-2-1-3-9-18)16-22(24)21-13-6-11-19-10-4-5-12-20(19)21/h1-15,22H,16-17H2/b14-7+/t22-,24+/m1/s1. The van der Waals surface area contributed by atoms with E-state index in [9.17, 15) is 9.59 Å². The minimum Gasteiger partial charge on any atom is -0.460 e. The summed E-state index contributed by atoms with van der Waals surface area (Å²) in [6.07, 6.45) is 4.48. The highest BCUT2D eigenvalue weighted by Gasteiger charge is 2.60. The quantitative estimate of drug-likeness (QED) is 0.362. The fraction of sp³-hybridized carbons (Fsp3) is 0.167. The minimum absolute atomic E-state index is 0.0167. The third-order valence-corrected chi connectivity index (χ3v) is 5.27. The number of aldehydes is 1. The fourth-order valence-electron chi connectivity index (χ4n) is 3.77. The summed E-state index contributed by atoms with van der Waals surface area (Å²) in [6.45, 7) is 0.235. The second-order valence-electron chi connectivity index (χ2n) is 6.92. The van der Waals surface area contributed by atoms with E-state index in [1.165, 1.54) is 6.08 Å². The number of ether oxygens (including phenoxy) is 1. The number of benzene rings is 3. The van der Waals surface area contributed by atoms with Crippen LogP contribution in [0.3, 0.4) is 0 Å². The summed E-state index contributed by atoms with van der Waals surface area (Å²) in [5, 5.41) is 2.29. The van der Waals surface area contributed by atoms with Crippen LogP contribution in [0.2, 0.25) is 0 Å². The van der Waals surface area contributed by atoms with Crippen LogP contribution in [-0.4, -0.2) is 12.3 Å². The number of rotatable bonds is 6. The molecule has 3 aromatic carbocycles. The van der Waals surface area contributed by atoms with Gasteiger partial charge in [-0.25, -0.2) is 0 Å². The summed E-state index contributed by atoms with van der Waals surface area (Å²) < 4.78 is 5.61. The second kappa shape index (κ2) is 7.20. The molecule has 3 heteroatoms. The van der Waals surface area contributed by atoms with E-state index >= 15 is 0 Å². The molecule has 1 aliphatic carbocycles. The van der Waals surface area contributed by atoms with Crippen LogP contribution >= 0.6 is 0 Å². The van der Waals surface area contributed by atoms with Crippen molar-refractivity contribution in [1.29, 1.82) is 0 Å². The number of fused-ring (bicyclic) bond motifs is 1. The Kier molecular flexibility index (Phi) is 4.59. The predicted octanol–water partition coefficient (Wildman–Crippen LogP) is 4.81. The van der Waals surface area contributed by atoms with Crippen LogP contribution in [0, 0.1) is 5.41 Å². The van der Waals surface area contributed by atoms with Crippen molar-refractivity contribution in [3.8, 4) is 0 Å². The van der Waals surface area contributed by atoms with Gasteiger partial charge in [0.05, 0.1) is 5.41 Å². The zero-order chi connectivity index (χ0) is 18.7. The summed E-state index contributed by atoms with van der Waals surface area (Å²) >= 11 is 0. The molecule has 0 radical (unpaired) electrons. The van der Waals surface area contributed by atoms with Gasteiger partial charge in [-0.1, -0.05) is 78.9 Å². The summed E-state index contributed by atoms with van der Waals surface area (Å²) in [4.78, 5) is 23.8. The third kappa shape index (κ3) is 3.28. The van der Waals surface area contributed by atoms with E-state index in [1.54, 1.807) is 6.08 Å². The van der Waals surface area contributed by atoms with Gasteiger partial charge in [0, 0.05) is 5.92 Å². The Labute approximate surface area is 158 Å². The maximum Gasteiger partial charge on any atom is 0.316 e.